The summed E-state index contributed by atoms with van der Waals surface area (Å²) in [5.41, 5.74) is 5.82. The van der Waals surface area contributed by atoms with E-state index in [2.05, 4.69) is 14.5 Å². The fourth-order valence-electron chi connectivity index (χ4n) is 8.84. The molecule has 0 aromatic heterocycles. The molecule has 4 aromatic carbocycles. The number of sulfone groups is 1. The Kier molecular flexibility index (Phi) is 24.0. The van der Waals surface area contributed by atoms with Crippen molar-refractivity contribution in [2.75, 3.05) is 119 Å². The van der Waals surface area contributed by atoms with Gasteiger partial charge < -0.3 is 38.2 Å². The maximum atomic E-state index is 13.2. The minimum absolute atomic E-state index is 0.0301. The minimum atomic E-state index is -3.77. The van der Waals surface area contributed by atoms with Crippen LogP contribution in [-0.2, 0) is 66.2 Å². The molecule has 0 saturated carbocycles. The number of rotatable bonds is 32. The number of fused-ring (bicyclic) bond motifs is 2. The zero-order chi connectivity index (χ0) is 51.5. The third-order valence-electron chi connectivity index (χ3n) is 12.4. The van der Waals surface area contributed by atoms with Crippen LogP contribution in [0.1, 0.15) is 77.3 Å². The van der Waals surface area contributed by atoms with Crippen LogP contribution in [0.5, 0.6) is 0 Å². The van der Waals surface area contributed by atoms with Gasteiger partial charge in [0.2, 0.25) is 10.0 Å². The van der Waals surface area contributed by atoms with Gasteiger partial charge in [0.15, 0.2) is 9.84 Å². The lowest BCUT2D eigenvalue weighted by Crippen LogP contribution is -2.31. The van der Waals surface area contributed by atoms with Crippen molar-refractivity contribution in [3.8, 4) is 0 Å². The molecule has 0 fully saturated rings. The van der Waals surface area contributed by atoms with E-state index >= 15 is 0 Å². The second-order valence-electron chi connectivity index (χ2n) is 18.0. The molecule has 1 N–H and O–H groups in total. The Morgan fingerprint density at radius 3 is 1.46 bits per heavy atom. The summed E-state index contributed by atoms with van der Waals surface area (Å²) in [4.78, 5) is 17.1. The first-order valence-corrected chi connectivity index (χ1v) is 29.0. The molecule has 14 nitrogen and oxygen atoms in total. The normalized spacial score (nSPS) is 16.5. The number of hydrogen-bond acceptors (Lipinski definition) is 13. The fraction of sp³-hybridized carbons (Fsp3) is 0.519. The Morgan fingerprint density at radius 2 is 0.972 bits per heavy atom. The molecule has 0 aliphatic carbocycles. The van der Waals surface area contributed by atoms with E-state index in [1.54, 1.807) is 48.5 Å². The number of carbonyl (C=O) groups is 1. The van der Waals surface area contributed by atoms with Crippen molar-refractivity contribution in [2.24, 2.45) is 0 Å². The molecule has 2 aliphatic rings. The van der Waals surface area contributed by atoms with Crippen LogP contribution in [-0.4, -0.2) is 151 Å². The first-order valence-electron chi connectivity index (χ1n) is 24.3. The minimum Gasteiger partial charge on any atom is -0.379 e. The quantitative estimate of drug-likeness (QED) is 0.0463. The van der Waals surface area contributed by atoms with E-state index < -0.39 is 19.9 Å². The number of benzene rings is 4. The van der Waals surface area contributed by atoms with Crippen molar-refractivity contribution >= 4 is 72.0 Å². The molecule has 2 aliphatic heterocycles. The van der Waals surface area contributed by atoms with Gasteiger partial charge >= 0.3 is 0 Å². The van der Waals surface area contributed by atoms with Crippen LogP contribution in [0.3, 0.4) is 0 Å². The zero-order valence-electron chi connectivity index (χ0n) is 41.1. The van der Waals surface area contributed by atoms with Gasteiger partial charge in [-0.1, -0.05) is 70.7 Å². The molecular formula is C52H67Cl4N3O11S2. The monoisotopic (exact) mass is 1110 g/mol. The topological polar surface area (TPSA) is 159 Å². The number of halogens is 4. The van der Waals surface area contributed by atoms with Gasteiger partial charge in [-0.05, 0) is 115 Å². The van der Waals surface area contributed by atoms with Crippen LogP contribution < -0.4 is 4.72 Å². The van der Waals surface area contributed by atoms with E-state index in [0.717, 1.165) is 39.9 Å². The predicted molar refractivity (Wildman–Crippen MR) is 282 cm³/mol. The molecule has 0 amide bonds. The highest BCUT2D eigenvalue weighted by Gasteiger charge is 2.30. The van der Waals surface area contributed by atoms with Gasteiger partial charge in [0, 0.05) is 97.3 Å². The zero-order valence-corrected chi connectivity index (χ0v) is 45.7. The lowest BCUT2D eigenvalue weighted by atomic mass is 9.85. The second-order valence-corrected chi connectivity index (χ2v) is 23.6. The molecule has 2 unspecified atom stereocenters. The lowest BCUT2D eigenvalue weighted by Gasteiger charge is -2.33. The molecule has 72 heavy (non-hydrogen) atoms. The van der Waals surface area contributed by atoms with Crippen LogP contribution in [0.25, 0.3) is 0 Å². The molecule has 0 spiro atoms. The van der Waals surface area contributed by atoms with Gasteiger partial charge in [-0.15, -0.1) is 0 Å². The van der Waals surface area contributed by atoms with Crippen molar-refractivity contribution in [1.82, 2.24) is 14.5 Å². The molecule has 396 valence electrons. The standard InChI is InChI=1S/C52H67Cl4N3O11S2/c1-58-34-47(45-30-40(53)32-51(55)49(45)36-58)38-8-3-12-43(28-38)71(61,62)27-7-17-67-21-25-69-23-19-65-15-5-10-42(60)11-6-16-66-20-24-70-26-22-68-18-14-57-72(63,64)44-13-4-9-39(29-44)48-35-59(2)37-50-46(48)31-41(54)33-52(50)56/h3-4,8-9,12-13,28-33,47-48,57H,5-7,10-11,14-27,34-37H2,1-2H3. The summed E-state index contributed by atoms with van der Waals surface area (Å²) in [7, 11) is -3.26. The molecule has 4 aromatic rings. The van der Waals surface area contributed by atoms with Gasteiger partial charge in [0.25, 0.3) is 0 Å². The van der Waals surface area contributed by atoms with Crippen molar-refractivity contribution in [3.63, 3.8) is 0 Å². The fourth-order valence-corrected chi connectivity index (χ4v) is 12.4. The van der Waals surface area contributed by atoms with Crippen molar-refractivity contribution in [1.29, 1.82) is 0 Å². The number of carbonyl (C=O) groups excluding carboxylic acids is 1. The largest absolute Gasteiger partial charge is 0.379 e. The van der Waals surface area contributed by atoms with Gasteiger partial charge in [-0.3, -0.25) is 4.79 Å². The van der Waals surface area contributed by atoms with E-state index in [0.29, 0.717) is 145 Å². The highest BCUT2D eigenvalue weighted by molar-refractivity contribution is 7.91. The summed E-state index contributed by atoms with van der Waals surface area (Å²) in [6.45, 7) is 7.22. The Morgan fingerprint density at radius 1 is 0.556 bits per heavy atom. The average molecular weight is 1120 g/mol. The van der Waals surface area contributed by atoms with Crippen molar-refractivity contribution in [3.05, 3.63) is 126 Å². The van der Waals surface area contributed by atoms with Crippen molar-refractivity contribution in [2.45, 2.75) is 66.8 Å². The van der Waals surface area contributed by atoms with E-state index in [1.807, 2.05) is 38.4 Å². The number of likely N-dealkylation sites (N-methyl/N-ethyl adjacent to an activating group) is 2. The Bertz CT molecular complexity index is 2440. The molecule has 0 radical (unpaired) electrons. The SMILES string of the molecule is CN1Cc2c(Cl)cc(Cl)cc2C(c2cccc(S(=O)(=O)CCCOCCOCCOCCCC(=O)CCCOCCOCCOCCNS(=O)(=O)c3cccc(C4CN(C)Cc5c(Cl)cc(Cl)cc54)c3)c2)C1. The van der Waals surface area contributed by atoms with Gasteiger partial charge in [-0.25, -0.2) is 21.6 Å². The predicted octanol–water partition coefficient (Wildman–Crippen LogP) is 8.83. The molecule has 2 heterocycles. The van der Waals surface area contributed by atoms with E-state index in [4.69, 9.17) is 74.8 Å². The van der Waals surface area contributed by atoms with Gasteiger partial charge in [-0.2, -0.15) is 0 Å². The first-order chi connectivity index (χ1) is 34.6. The number of nitrogens with zero attached hydrogens (tertiary/aromatic N) is 2. The van der Waals surface area contributed by atoms with Crippen LogP contribution >= 0.6 is 46.4 Å². The number of ketones is 1. The summed E-state index contributed by atoms with van der Waals surface area (Å²) in [6.07, 6.45) is 2.48. The number of sulfonamides is 1. The summed E-state index contributed by atoms with van der Waals surface area (Å²) >= 11 is 25.7. The summed E-state index contributed by atoms with van der Waals surface area (Å²) in [6, 6.07) is 21.4. The third-order valence-corrected chi connectivity index (χ3v) is 16.8. The van der Waals surface area contributed by atoms with Gasteiger partial charge in [0.05, 0.1) is 75.0 Å². The maximum absolute atomic E-state index is 13.2. The number of ether oxygens (including phenoxy) is 6. The molecule has 2 atom stereocenters. The highest BCUT2D eigenvalue weighted by atomic mass is 35.5. The Labute approximate surface area is 445 Å². The maximum Gasteiger partial charge on any atom is 0.240 e. The molecular weight excluding hydrogens is 1050 g/mol. The first kappa shape index (κ1) is 58.5. The average Bonchev–Trinajstić information content (AvgIpc) is 3.34. The van der Waals surface area contributed by atoms with Crippen LogP contribution in [0, 0.1) is 0 Å². The molecule has 20 heteroatoms. The smallest absolute Gasteiger partial charge is 0.240 e. The number of hydrogen-bond donors (Lipinski definition) is 1. The number of Topliss-reactive ketones (excluding diaryl/α,β-unsaturated/α-hetero) is 1. The van der Waals surface area contributed by atoms with Gasteiger partial charge in [0.1, 0.15) is 5.78 Å². The lowest BCUT2D eigenvalue weighted by molar-refractivity contribution is -0.119. The highest BCUT2D eigenvalue weighted by Crippen LogP contribution is 2.40. The Balaban J connectivity index is 0.703. The van der Waals surface area contributed by atoms with E-state index in [-0.39, 0.29) is 46.3 Å². The van der Waals surface area contributed by atoms with E-state index in [1.165, 1.54) is 0 Å². The number of nitrogens with one attached hydrogen (secondary N) is 1. The summed E-state index contributed by atoms with van der Waals surface area (Å²) in [5, 5.41) is 2.33. The third kappa shape index (κ3) is 18.2. The summed E-state index contributed by atoms with van der Waals surface area (Å²) < 4.78 is 88.8. The molecule has 0 bridgehead atoms. The van der Waals surface area contributed by atoms with Crippen LogP contribution in [0.2, 0.25) is 20.1 Å². The second kappa shape index (κ2) is 29.5. The van der Waals surface area contributed by atoms with Crippen LogP contribution in [0.4, 0.5) is 0 Å². The van der Waals surface area contributed by atoms with Crippen molar-refractivity contribution < 1.29 is 50.1 Å². The molecule has 6 rings (SSSR count). The van der Waals surface area contributed by atoms with Crippen LogP contribution in [0.15, 0.2) is 82.6 Å². The van der Waals surface area contributed by atoms with E-state index in [9.17, 15) is 21.6 Å². The molecule has 0 saturated heterocycles. The summed E-state index contributed by atoms with van der Waals surface area (Å²) in [5.74, 6) is -0.00557. The Hall–Kier alpha value is -2.75.